The molecule has 0 atom stereocenters. The highest BCUT2D eigenvalue weighted by Gasteiger charge is 2.12. The van der Waals surface area contributed by atoms with Crippen molar-refractivity contribution in [1.29, 1.82) is 0 Å². The van der Waals surface area contributed by atoms with Gasteiger partial charge in [0.25, 0.3) is 0 Å². The third kappa shape index (κ3) is 5.59. The number of hydrogen-bond acceptors (Lipinski definition) is 2. The molecule has 0 radical (unpaired) electrons. The van der Waals surface area contributed by atoms with Crippen molar-refractivity contribution >= 4 is 46.8 Å². The Bertz CT molecular complexity index is 824. The maximum Gasteiger partial charge on any atom is 0.246 e. The van der Waals surface area contributed by atoms with E-state index in [1.807, 2.05) is 0 Å². The minimum Gasteiger partial charge on any atom is -0.333 e. The number of nitrogens with zero attached hydrogens (tertiary/aromatic N) is 1. The molecule has 0 saturated heterocycles. The zero-order valence-electron chi connectivity index (χ0n) is 13.3. The van der Waals surface area contributed by atoms with Crippen molar-refractivity contribution in [3.05, 3.63) is 70.0 Å². The molecule has 7 heteroatoms. The number of likely N-dealkylation sites (N-methyl/N-ethyl adjacent to an activating group) is 1. The molecule has 25 heavy (non-hydrogen) atoms. The van der Waals surface area contributed by atoms with Crippen molar-refractivity contribution in [2.45, 2.75) is 0 Å². The number of anilines is 1. The number of halogens is 3. The number of nitrogens with one attached hydrogen (secondary N) is 1. The van der Waals surface area contributed by atoms with Gasteiger partial charge in [-0.05, 0) is 35.9 Å². The van der Waals surface area contributed by atoms with Crippen molar-refractivity contribution in [2.75, 3.05) is 18.9 Å². The first-order valence-corrected chi connectivity index (χ1v) is 8.05. The van der Waals surface area contributed by atoms with Crippen molar-refractivity contribution in [1.82, 2.24) is 4.90 Å². The van der Waals surface area contributed by atoms with E-state index < -0.39 is 5.82 Å². The largest absolute Gasteiger partial charge is 0.333 e. The van der Waals surface area contributed by atoms with Gasteiger partial charge in [-0.25, -0.2) is 4.39 Å². The molecule has 0 aromatic heterocycles. The van der Waals surface area contributed by atoms with E-state index in [1.165, 1.54) is 42.3 Å². The SMILES string of the molecule is CN(CC(=O)Nc1ccccc1Cl)C(=O)/C=C/c1ccc(F)c(Cl)c1. The molecule has 0 aliphatic carbocycles. The lowest BCUT2D eigenvalue weighted by Crippen LogP contribution is -2.33. The van der Waals surface area contributed by atoms with Crippen LogP contribution in [0.3, 0.4) is 0 Å². The Morgan fingerprint density at radius 2 is 1.88 bits per heavy atom. The highest BCUT2D eigenvalue weighted by molar-refractivity contribution is 6.33. The van der Waals surface area contributed by atoms with E-state index in [4.69, 9.17) is 23.2 Å². The minimum absolute atomic E-state index is 0.0259. The maximum atomic E-state index is 13.1. The molecule has 0 bridgehead atoms. The number of benzene rings is 2. The van der Waals surface area contributed by atoms with Crippen LogP contribution in [0, 0.1) is 5.82 Å². The molecular weight excluding hydrogens is 366 g/mol. The van der Waals surface area contributed by atoms with Crippen LogP contribution in [0.25, 0.3) is 6.08 Å². The average molecular weight is 381 g/mol. The van der Waals surface area contributed by atoms with Crippen LogP contribution < -0.4 is 5.32 Å². The van der Waals surface area contributed by atoms with Gasteiger partial charge < -0.3 is 10.2 Å². The van der Waals surface area contributed by atoms with Crippen LogP contribution >= 0.6 is 23.2 Å². The number of carbonyl (C=O) groups excluding carboxylic acids is 2. The first-order valence-electron chi connectivity index (χ1n) is 7.29. The summed E-state index contributed by atoms with van der Waals surface area (Å²) in [5.41, 5.74) is 1.06. The molecule has 2 aromatic rings. The molecule has 0 aliphatic heterocycles. The summed E-state index contributed by atoms with van der Waals surface area (Å²) < 4.78 is 13.1. The van der Waals surface area contributed by atoms with Gasteiger partial charge in [0, 0.05) is 13.1 Å². The van der Waals surface area contributed by atoms with Crippen LogP contribution in [-0.2, 0) is 9.59 Å². The number of para-hydroxylation sites is 1. The number of amides is 2. The van der Waals surface area contributed by atoms with Gasteiger partial charge in [-0.1, -0.05) is 41.4 Å². The molecule has 0 saturated carbocycles. The van der Waals surface area contributed by atoms with Gasteiger partial charge in [-0.3, -0.25) is 9.59 Å². The highest BCUT2D eigenvalue weighted by Crippen LogP contribution is 2.20. The summed E-state index contributed by atoms with van der Waals surface area (Å²) in [6, 6.07) is 10.9. The molecule has 2 amide bonds. The van der Waals surface area contributed by atoms with E-state index in [0.29, 0.717) is 16.3 Å². The minimum atomic E-state index is -0.529. The van der Waals surface area contributed by atoms with Crippen LogP contribution in [0.5, 0.6) is 0 Å². The fraction of sp³-hybridized carbons (Fsp3) is 0.111. The van der Waals surface area contributed by atoms with E-state index in [2.05, 4.69) is 5.32 Å². The van der Waals surface area contributed by atoms with Crippen LogP contribution in [0.15, 0.2) is 48.5 Å². The fourth-order valence-electron chi connectivity index (χ4n) is 1.96. The average Bonchev–Trinajstić information content (AvgIpc) is 2.57. The van der Waals surface area contributed by atoms with Crippen molar-refractivity contribution in [2.24, 2.45) is 0 Å². The first kappa shape index (κ1) is 19.0. The zero-order valence-corrected chi connectivity index (χ0v) is 14.8. The molecule has 0 unspecified atom stereocenters. The van der Waals surface area contributed by atoms with E-state index in [0.717, 1.165) is 0 Å². The van der Waals surface area contributed by atoms with E-state index in [-0.39, 0.29) is 23.4 Å². The molecule has 1 N–H and O–H groups in total. The van der Waals surface area contributed by atoms with Gasteiger partial charge in [0.15, 0.2) is 0 Å². The predicted octanol–water partition coefficient (Wildman–Crippen LogP) is 4.24. The summed E-state index contributed by atoms with van der Waals surface area (Å²) in [5, 5.41) is 3.02. The first-order chi connectivity index (χ1) is 11.9. The molecule has 4 nitrogen and oxygen atoms in total. The maximum absolute atomic E-state index is 13.1. The monoisotopic (exact) mass is 380 g/mol. The molecule has 0 spiro atoms. The summed E-state index contributed by atoms with van der Waals surface area (Å²) in [6.45, 7) is -0.140. The summed E-state index contributed by atoms with van der Waals surface area (Å²) in [4.78, 5) is 25.3. The normalized spacial score (nSPS) is 10.7. The number of carbonyl (C=O) groups is 2. The summed E-state index contributed by atoms with van der Waals surface area (Å²) in [6.07, 6.45) is 2.78. The zero-order chi connectivity index (χ0) is 18.4. The van der Waals surface area contributed by atoms with Crippen molar-refractivity contribution in [3.63, 3.8) is 0 Å². The predicted molar refractivity (Wildman–Crippen MR) is 98.2 cm³/mol. The number of hydrogen-bond donors (Lipinski definition) is 1. The Morgan fingerprint density at radius 3 is 2.56 bits per heavy atom. The Hall–Kier alpha value is -2.37. The van der Waals surface area contributed by atoms with Crippen molar-refractivity contribution in [3.8, 4) is 0 Å². The quantitative estimate of drug-likeness (QED) is 0.788. The summed E-state index contributed by atoms with van der Waals surface area (Å²) >= 11 is 11.6. The Balaban J connectivity index is 1.93. The Morgan fingerprint density at radius 1 is 1.16 bits per heavy atom. The van der Waals surface area contributed by atoms with Crippen LogP contribution in [0.2, 0.25) is 10.0 Å². The smallest absolute Gasteiger partial charge is 0.246 e. The molecule has 2 rings (SSSR count). The van der Waals surface area contributed by atoms with Gasteiger partial charge in [-0.2, -0.15) is 0 Å². The Labute approximate surface area is 154 Å². The van der Waals surface area contributed by atoms with E-state index in [9.17, 15) is 14.0 Å². The second-order valence-corrected chi connectivity index (χ2v) is 6.04. The molecule has 0 heterocycles. The number of rotatable bonds is 5. The Kier molecular flexibility index (Phi) is 6.56. The van der Waals surface area contributed by atoms with Gasteiger partial charge in [0.2, 0.25) is 11.8 Å². The standard InChI is InChI=1S/C18H15Cl2FN2O2/c1-23(11-17(24)22-16-5-3-2-4-13(16)19)18(25)9-7-12-6-8-15(21)14(20)10-12/h2-10H,11H2,1H3,(H,22,24)/b9-7+. The second kappa shape index (κ2) is 8.65. The van der Waals surface area contributed by atoms with Gasteiger partial charge >= 0.3 is 0 Å². The molecule has 0 aliphatic rings. The highest BCUT2D eigenvalue weighted by atomic mass is 35.5. The van der Waals surface area contributed by atoms with Crippen LogP contribution in [0.1, 0.15) is 5.56 Å². The summed E-state index contributed by atoms with van der Waals surface area (Å²) in [7, 11) is 1.50. The van der Waals surface area contributed by atoms with E-state index >= 15 is 0 Å². The lowest BCUT2D eigenvalue weighted by molar-refractivity contribution is -0.129. The van der Waals surface area contributed by atoms with Crippen LogP contribution in [-0.4, -0.2) is 30.3 Å². The topological polar surface area (TPSA) is 49.4 Å². The molecular formula is C18H15Cl2FN2O2. The molecule has 2 aromatic carbocycles. The summed E-state index contributed by atoms with van der Waals surface area (Å²) in [5.74, 6) is -1.28. The van der Waals surface area contributed by atoms with Gasteiger partial charge in [0.1, 0.15) is 5.82 Å². The molecule has 130 valence electrons. The third-order valence-corrected chi connectivity index (χ3v) is 3.89. The second-order valence-electron chi connectivity index (χ2n) is 5.23. The third-order valence-electron chi connectivity index (χ3n) is 3.27. The lowest BCUT2D eigenvalue weighted by Gasteiger charge is -2.15. The van der Waals surface area contributed by atoms with Crippen LogP contribution in [0.4, 0.5) is 10.1 Å². The van der Waals surface area contributed by atoms with E-state index in [1.54, 1.807) is 24.3 Å². The van der Waals surface area contributed by atoms with Crippen molar-refractivity contribution < 1.29 is 14.0 Å². The van der Waals surface area contributed by atoms with Gasteiger partial charge in [0.05, 0.1) is 22.3 Å². The fourth-order valence-corrected chi connectivity index (χ4v) is 2.33. The lowest BCUT2D eigenvalue weighted by atomic mass is 10.2. The molecule has 0 fully saturated rings. The van der Waals surface area contributed by atoms with Gasteiger partial charge in [-0.15, -0.1) is 0 Å².